The molecule has 1 N–H and O–H groups in total. The fourth-order valence-corrected chi connectivity index (χ4v) is 2.50. The first-order valence-electron chi connectivity index (χ1n) is 6.07. The van der Waals surface area contributed by atoms with Crippen molar-refractivity contribution in [2.24, 2.45) is 7.05 Å². The Labute approximate surface area is 125 Å². The van der Waals surface area contributed by atoms with Crippen LogP contribution in [0, 0.1) is 24.0 Å². The molecule has 0 atom stereocenters. The molecule has 2 rings (SSSR count). The van der Waals surface area contributed by atoms with E-state index in [4.69, 9.17) is 0 Å². The van der Waals surface area contributed by atoms with Gasteiger partial charge in [0.2, 0.25) is 0 Å². The number of benzene rings is 1. The molecule has 106 valence electrons. The molecular weight excluding hydrogens is 324 g/mol. The van der Waals surface area contributed by atoms with E-state index in [0.29, 0.717) is 12.1 Å². The van der Waals surface area contributed by atoms with Crippen LogP contribution in [0.2, 0.25) is 0 Å². The smallest absolute Gasteiger partial charge is 0.274 e. The highest BCUT2D eigenvalue weighted by atomic mass is 79.9. The predicted molar refractivity (Wildman–Crippen MR) is 80.8 cm³/mol. The summed E-state index contributed by atoms with van der Waals surface area (Å²) in [6, 6.07) is 4.93. The molecule has 2 aromatic rings. The van der Waals surface area contributed by atoms with E-state index in [2.05, 4.69) is 26.3 Å². The number of hydrogen-bond acceptors (Lipinski definition) is 4. The van der Waals surface area contributed by atoms with Crippen molar-refractivity contribution in [3.63, 3.8) is 0 Å². The van der Waals surface area contributed by atoms with Crippen LogP contribution in [-0.2, 0) is 13.6 Å². The van der Waals surface area contributed by atoms with E-state index >= 15 is 0 Å². The van der Waals surface area contributed by atoms with Crippen LogP contribution >= 0.6 is 15.9 Å². The van der Waals surface area contributed by atoms with Crippen molar-refractivity contribution in [2.45, 2.75) is 20.4 Å². The number of nitrogens with zero attached hydrogens (tertiary/aromatic N) is 3. The minimum Gasteiger partial charge on any atom is -0.378 e. The van der Waals surface area contributed by atoms with Gasteiger partial charge in [0.15, 0.2) is 0 Å². The van der Waals surface area contributed by atoms with E-state index in [9.17, 15) is 10.1 Å². The Morgan fingerprint density at radius 3 is 2.70 bits per heavy atom. The van der Waals surface area contributed by atoms with Crippen molar-refractivity contribution in [3.05, 3.63) is 49.7 Å². The molecule has 0 spiro atoms. The fraction of sp³-hybridized carbons (Fsp3) is 0.308. The molecule has 1 heterocycles. The molecule has 0 saturated carbocycles. The van der Waals surface area contributed by atoms with Crippen LogP contribution in [-0.4, -0.2) is 14.7 Å². The Morgan fingerprint density at radius 2 is 2.15 bits per heavy atom. The van der Waals surface area contributed by atoms with Crippen molar-refractivity contribution in [1.29, 1.82) is 0 Å². The first kappa shape index (κ1) is 14.5. The largest absolute Gasteiger partial charge is 0.378 e. The summed E-state index contributed by atoms with van der Waals surface area (Å²) in [4.78, 5) is 10.7. The molecular formula is C13H15BrN4O2. The van der Waals surface area contributed by atoms with Crippen molar-refractivity contribution in [3.8, 4) is 0 Å². The molecule has 1 aromatic carbocycles. The van der Waals surface area contributed by atoms with Gasteiger partial charge in [-0.05, 0) is 26.0 Å². The first-order chi connectivity index (χ1) is 9.40. The number of aromatic nitrogens is 2. The second-order valence-corrected chi connectivity index (χ2v) is 5.47. The van der Waals surface area contributed by atoms with Crippen LogP contribution in [0.1, 0.15) is 17.0 Å². The molecule has 0 radical (unpaired) electrons. The molecule has 7 heteroatoms. The van der Waals surface area contributed by atoms with Crippen LogP contribution in [0.3, 0.4) is 0 Å². The number of nitro groups is 1. The lowest BCUT2D eigenvalue weighted by atomic mass is 10.1. The van der Waals surface area contributed by atoms with E-state index in [0.717, 1.165) is 21.5 Å². The summed E-state index contributed by atoms with van der Waals surface area (Å²) < 4.78 is 2.60. The van der Waals surface area contributed by atoms with Gasteiger partial charge in [-0.3, -0.25) is 14.8 Å². The summed E-state index contributed by atoms with van der Waals surface area (Å²) in [6.07, 6.45) is 0. The quantitative estimate of drug-likeness (QED) is 0.685. The van der Waals surface area contributed by atoms with E-state index in [1.165, 1.54) is 6.07 Å². The topological polar surface area (TPSA) is 73.0 Å². The van der Waals surface area contributed by atoms with Crippen LogP contribution in [0.5, 0.6) is 0 Å². The summed E-state index contributed by atoms with van der Waals surface area (Å²) in [6.45, 7) is 4.24. The van der Waals surface area contributed by atoms with Gasteiger partial charge in [-0.1, -0.05) is 15.9 Å². The third kappa shape index (κ3) is 2.82. The lowest BCUT2D eigenvalue weighted by Gasteiger charge is -2.08. The van der Waals surface area contributed by atoms with Crippen LogP contribution < -0.4 is 5.32 Å². The molecule has 0 saturated heterocycles. The number of anilines is 1. The Balaban J connectivity index is 2.27. The molecule has 0 amide bonds. The number of hydrogen-bond donors (Lipinski definition) is 1. The monoisotopic (exact) mass is 338 g/mol. The van der Waals surface area contributed by atoms with Gasteiger partial charge in [-0.2, -0.15) is 5.10 Å². The minimum absolute atomic E-state index is 0.111. The predicted octanol–water partition coefficient (Wildman–Crippen LogP) is 3.32. The highest BCUT2D eigenvalue weighted by Crippen LogP contribution is 2.25. The van der Waals surface area contributed by atoms with Crippen LogP contribution in [0.25, 0.3) is 0 Å². The van der Waals surface area contributed by atoms with Crippen molar-refractivity contribution < 1.29 is 4.92 Å². The van der Waals surface area contributed by atoms with E-state index < -0.39 is 0 Å². The van der Waals surface area contributed by atoms with Gasteiger partial charge < -0.3 is 5.32 Å². The zero-order chi connectivity index (χ0) is 14.9. The van der Waals surface area contributed by atoms with Crippen molar-refractivity contribution >= 4 is 27.3 Å². The van der Waals surface area contributed by atoms with Gasteiger partial charge in [-0.15, -0.1) is 0 Å². The number of nitro benzene ring substituents is 1. The molecule has 0 bridgehead atoms. The van der Waals surface area contributed by atoms with Crippen LogP contribution in [0.15, 0.2) is 22.7 Å². The fourth-order valence-electron chi connectivity index (χ4n) is 2.09. The SMILES string of the molecule is Cc1nn(C)c(C)c1NCc1cc(Br)ccc1[N+](=O)[O-]. The van der Waals surface area contributed by atoms with Crippen molar-refractivity contribution in [1.82, 2.24) is 9.78 Å². The Kier molecular flexibility index (Phi) is 4.08. The van der Waals surface area contributed by atoms with Gasteiger partial charge in [0.25, 0.3) is 5.69 Å². The molecule has 1 aromatic heterocycles. The Bertz CT molecular complexity index is 667. The normalized spacial score (nSPS) is 10.6. The number of nitrogens with one attached hydrogen (secondary N) is 1. The standard InChI is InChI=1S/C13H15BrN4O2/c1-8-13(9(2)17(3)16-8)15-7-10-6-11(14)4-5-12(10)18(19)20/h4-6,15H,7H2,1-3H3. The maximum absolute atomic E-state index is 11.0. The Morgan fingerprint density at radius 1 is 1.45 bits per heavy atom. The average molecular weight is 339 g/mol. The second kappa shape index (κ2) is 5.62. The summed E-state index contributed by atoms with van der Waals surface area (Å²) in [5, 5.41) is 18.6. The van der Waals surface area contributed by atoms with Crippen LogP contribution in [0.4, 0.5) is 11.4 Å². The highest BCUT2D eigenvalue weighted by molar-refractivity contribution is 9.10. The number of rotatable bonds is 4. The third-order valence-electron chi connectivity index (χ3n) is 3.20. The van der Waals surface area contributed by atoms with E-state index in [1.54, 1.807) is 16.8 Å². The maximum atomic E-state index is 11.0. The zero-order valence-electron chi connectivity index (χ0n) is 11.5. The molecule has 20 heavy (non-hydrogen) atoms. The van der Waals surface area contributed by atoms with E-state index in [1.807, 2.05) is 20.9 Å². The molecule has 0 aliphatic carbocycles. The lowest BCUT2D eigenvalue weighted by Crippen LogP contribution is -2.04. The molecule has 0 fully saturated rings. The highest BCUT2D eigenvalue weighted by Gasteiger charge is 2.15. The first-order valence-corrected chi connectivity index (χ1v) is 6.86. The van der Waals surface area contributed by atoms with Crippen molar-refractivity contribution in [2.75, 3.05) is 5.32 Å². The average Bonchev–Trinajstić information content (AvgIpc) is 2.61. The van der Waals surface area contributed by atoms with Gasteiger partial charge in [0.1, 0.15) is 0 Å². The summed E-state index contributed by atoms with van der Waals surface area (Å²) >= 11 is 3.34. The number of halogens is 1. The summed E-state index contributed by atoms with van der Waals surface area (Å²) in [7, 11) is 1.87. The van der Waals surface area contributed by atoms with E-state index in [-0.39, 0.29) is 10.6 Å². The van der Waals surface area contributed by atoms with Gasteiger partial charge in [-0.25, -0.2) is 0 Å². The third-order valence-corrected chi connectivity index (χ3v) is 3.70. The molecule has 0 aliphatic heterocycles. The minimum atomic E-state index is -0.369. The molecule has 0 aliphatic rings. The molecule has 0 unspecified atom stereocenters. The van der Waals surface area contributed by atoms with Gasteiger partial charge >= 0.3 is 0 Å². The number of aryl methyl sites for hydroxylation is 2. The van der Waals surface area contributed by atoms with Gasteiger partial charge in [0, 0.05) is 29.7 Å². The lowest BCUT2D eigenvalue weighted by molar-refractivity contribution is -0.385. The van der Waals surface area contributed by atoms with Gasteiger partial charge in [0.05, 0.1) is 22.0 Å². The summed E-state index contributed by atoms with van der Waals surface area (Å²) in [5.74, 6) is 0. The maximum Gasteiger partial charge on any atom is 0.274 e. The Hall–Kier alpha value is -1.89. The summed E-state index contributed by atoms with van der Waals surface area (Å²) in [5.41, 5.74) is 3.54. The molecule has 6 nitrogen and oxygen atoms in total. The second-order valence-electron chi connectivity index (χ2n) is 4.55. The zero-order valence-corrected chi connectivity index (χ0v) is 13.1.